The highest BCUT2D eigenvalue weighted by Crippen LogP contribution is 2.20. The maximum Gasteiger partial charge on any atom is 0.250 e. The second-order valence-electron chi connectivity index (χ2n) is 4.75. The fraction of sp³-hybridized carbons (Fsp3) is 0.333. The normalized spacial score (nSPS) is 11.7. The molecule has 0 bridgehead atoms. The summed E-state index contributed by atoms with van der Waals surface area (Å²) in [6.45, 7) is 3.06. The Hall–Kier alpha value is -1.21. The molecule has 2 aromatic rings. The van der Waals surface area contributed by atoms with Crippen LogP contribution in [0.2, 0.25) is 0 Å². The van der Waals surface area contributed by atoms with Gasteiger partial charge in [0.2, 0.25) is 10.0 Å². The van der Waals surface area contributed by atoms with Gasteiger partial charge in [-0.15, -0.1) is 11.3 Å². The van der Waals surface area contributed by atoms with Gasteiger partial charge >= 0.3 is 0 Å². The Bertz CT molecular complexity index is 693. The van der Waals surface area contributed by atoms with Crippen LogP contribution in [0.15, 0.2) is 39.9 Å². The van der Waals surface area contributed by atoms with Crippen molar-refractivity contribution in [3.05, 3.63) is 52.4 Å². The molecule has 0 aliphatic rings. The minimum Gasteiger partial charge on any atom is -0.316 e. The first-order chi connectivity index (χ1) is 10.1. The largest absolute Gasteiger partial charge is 0.316 e. The summed E-state index contributed by atoms with van der Waals surface area (Å²) in [6.07, 6.45) is 0.892. The lowest BCUT2D eigenvalue weighted by molar-refractivity contribution is 0.583. The van der Waals surface area contributed by atoms with E-state index in [0.717, 1.165) is 17.5 Å². The summed E-state index contributed by atoms with van der Waals surface area (Å²) in [5, 5.41) is 4.88. The predicted molar refractivity (Wildman–Crippen MR) is 86.9 cm³/mol. The lowest BCUT2D eigenvalue weighted by Gasteiger charge is -2.09. The Balaban J connectivity index is 2.10. The van der Waals surface area contributed by atoms with Gasteiger partial charge in [0, 0.05) is 13.1 Å². The fourth-order valence-corrected chi connectivity index (χ4v) is 4.37. The van der Waals surface area contributed by atoms with E-state index < -0.39 is 10.0 Å². The summed E-state index contributed by atoms with van der Waals surface area (Å²) in [5.74, 6) is 0. The predicted octanol–water partition coefficient (Wildman–Crippen LogP) is 2.51. The number of sulfonamides is 1. The van der Waals surface area contributed by atoms with E-state index in [1.54, 1.807) is 6.07 Å². The van der Waals surface area contributed by atoms with Crippen molar-refractivity contribution in [1.82, 2.24) is 10.0 Å². The number of hydrogen-bond acceptors (Lipinski definition) is 4. The van der Waals surface area contributed by atoms with E-state index in [1.165, 1.54) is 16.9 Å². The van der Waals surface area contributed by atoms with Crippen molar-refractivity contribution in [2.75, 3.05) is 7.05 Å². The maximum atomic E-state index is 12.3. The van der Waals surface area contributed by atoms with Crippen LogP contribution in [0.1, 0.15) is 23.6 Å². The minimum absolute atomic E-state index is 0.325. The second kappa shape index (κ2) is 7.17. The first-order valence-electron chi connectivity index (χ1n) is 6.85. The van der Waals surface area contributed by atoms with Crippen molar-refractivity contribution in [2.45, 2.75) is 30.6 Å². The Morgan fingerprint density at radius 3 is 2.52 bits per heavy atom. The molecular weight excluding hydrogens is 304 g/mol. The molecule has 2 N–H and O–H groups in total. The second-order valence-corrected chi connectivity index (χ2v) is 7.66. The van der Waals surface area contributed by atoms with Crippen LogP contribution >= 0.6 is 11.3 Å². The Morgan fingerprint density at radius 1 is 1.14 bits per heavy atom. The van der Waals surface area contributed by atoms with Crippen molar-refractivity contribution in [3.63, 3.8) is 0 Å². The molecule has 21 heavy (non-hydrogen) atoms. The molecule has 0 saturated heterocycles. The third kappa shape index (κ3) is 4.14. The zero-order valence-electron chi connectivity index (χ0n) is 12.2. The van der Waals surface area contributed by atoms with Crippen LogP contribution in [-0.2, 0) is 29.5 Å². The highest BCUT2D eigenvalue weighted by molar-refractivity contribution is 7.91. The molecule has 0 atom stereocenters. The van der Waals surface area contributed by atoms with Gasteiger partial charge in [0.15, 0.2) is 0 Å². The van der Waals surface area contributed by atoms with Gasteiger partial charge < -0.3 is 5.32 Å². The monoisotopic (exact) mass is 324 g/mol. The highest BCUT2D eigenvalue weighted by atomic mass is 32.2. The number of aryl methyl sites for hydroxylation is 1. The van der Waals surface area contributed by atoms with E-state index in [4.69, 9.17) is 0 Å². The van der Waals surface area contributed by atoms with Crippen molar-refractivity contribution < 1.29 is 8.42 Å². The van der Waals surface area contributed by atoms with Gasteiger partial charge in [0.1, 0.15) is 4.21 Å². The Labute approximate surface area is 130 Å². The topological polar surface area (TPSA) is 58.2 Å². The number of thiophene rings is 1. The van der Waals surface area contributed by atoms with Crippen LogP contribution in [0.4, 0.5) is 0 Å². The van der Waals surface area contributed by atoms with Crippen molar-refractivity contribution >= 4 is 21.4 Å². The number of nitrogens with one attached hydrogen (secondary N) is 2. The summed E-state index contributed by atoms with van der Waals surface area (Å²) < 4.78 is 27.6. The molecule has 1 heterocycles. The van der Waals surface area contributed by atoms with Gasteiger partial charge in [-0.25, -0.2) is 13.1 Å². The van der Waals surface area contributed by atoms with E-state index in [9.17, 15) is 8.42 Å². The molecule has 4 nitrogen and oxygen atoms in total. The maximum absolute atomic E-state index is 12.3. The molecule has 1 aromatic heterocycles. The van der Waals surface area contributed by atoms with Crippen LogP contribution in [0.25, 0.3) is 0 Å². The molecule has 0 radical (unpaired) electrons. The van der Waals surface area contributed by atoms with Crippen LogP contribution in [0, 0.1) is 0 Å². The Kier molecular flexibility index (Phi) is 5.52. The van der Waals surface area contributed by atoms with E-state index in [2.05, 4.69) is 17.0 Å². The quantitative estimate of drug-likeness (QED) is 0.823. The molecule has 0 spiro atoms. The third-order valence-corrected chi connectivity index (χ3v) is 6.12. The molecule has 0 amide bonds. The van der Waals surface area contributed by atoms with E-state index in [0.29, 0.717) is 17.3 Å². The first kappa shape index (κ1) is 16.2. The Morgan fingerprint density at radius 2 is 1.86 bits per heavy atom. The molecule has 0 aliphatic carbocycles. The van der Waals surface area contributed by atoms with Crippen LogP contribution in [0.3, 0.4) is 0 Å². The molecular formula is C15H20N2O2S2. The molecule has 0 unspecified atom stereocenters. The van der Waals surface area contributed by atoms with Gasteiger partial charge in [-0.3, -0.25) is 0 Å². The summed E-state index contributed by atoms with van der Waals surface area (Å²) in [7, 11) is -1.60. The van der Waals surface area contributed by atoms with Crippen LogP contribution in [0.5, 0.6) is 0 Å². The summed E-state index contributed by atoms with van der Waals surface area (Å²) in [4.78, 5) is 0. The highest BCUT2D eigenvalue weighted by Gasteiger charge is 2.16. The number of benzene rings is 1. The van der Waals surface area contributed by atoms with Gasteiger partial charge in [-0.05, 0) is 41.6 Å². The van der Waals surface area contributed by atoms with Crippen molar-refractivity contribution in [1.29, 1.82) is 0 Å². The summed E-state index contributed by atoms with van der Waals surface area (Å²) >= 11 is 1.25. The molecule has 0 saturated carbocycles. The number of rotatable bonds is 7. The van der Waals surface area contributed by atoms with E-state index >= 15 is 0 Å². The van der Waals surface area contributed by atoms with Gasteiger partial charge in [-0.1, -0.05) is 31.2 Å². The molecule has 2 rings (SSSR count). The zero-order valence-corrected chi connectivity index (χ0v) is 13.9. The average Bonchev–Trinajstić information content (AvgIpc) is 2.95. The lowest BCUT2D eigenvalue weighted by atomic mass is 10.1. The van der Waals surface area contributed by atoms with E-state index in [-0.39, 0.29) is 0 Å². The molecule has 0 fully saturated rings. The van der Waals surface area contributed by atoms with Gasteiger partial charge in [0.05, 0.1) is 0 Å². The molecule has 6 heteroatoms. The molecule has 114 valence electrons. The summed E-state index contributed by atoms with van der Waals surface area (Å²) in [5.41, 5.74) is 3.18. The van der Waals surface area contributed by atoms with Gasteiger partial charge in [0.25, 0.3) is 0 Å². The first-order valence-corrected chi connectivity index (χ1v) is 9.21. The minimum atomic E-state index is -3.44. The van der Waals surface area contributed by atoms with Crippen LogP contribution < -0.4 is 10.0 Å². The lowest BCUT2D eigenvalue weighted by Crippen LogP contribution is -2.23. The molecule has 1 aromatic carbocycles. The van der Waals surface area contributed by atoms with Crippen molar-refractivity contribution in [2.24, 2.45) is 0 Å². The molecule has 0 aliphatic heterocycles. The number of hydrogen-bond donors (Lipinski definition) is 2. The van der Waals surface area contributed by atoms with Crippen LogP contribution in [-0.4, -0.2) is 15.5 Å². The SMILES string of the molecule is CCc1ccccc1CNS(=O)(=O)c1cc(CNC)cs1. The smallest absolute Gasteiger partial charge is 0.250 e. The van der Waals surface area contributed by atoms with E-state index in [1.807, 2.05) is 36.7 Å². The van der Waals surface area contributed by atoms with Gasteiger partial charge in [-0.2, -0.15) is 0 Å². The van der Waals surface area contributed by atoms with Crippen molar-refractivity contribution in [3.8, 4) is 0 Å². The third-order valence-electron chi connectivity index (χ3n) is 3.23. The average molecular weight is 324 g/mol. The summed E-state index contributed by atoms with van der Waals surface area (Å²) in [6, 6.07) is 9.61. The fourth-order valence-electron chi connectivity index (χ4n) is 2.11. The standard InChI is InChI=1S/C15H20N2O2S2/c1-3-13-6-4-5-7-14(13)10-17-21(18,19)15-8-12(9-16-2)11-20-15/h4-8,11,16-17H,3,9-10H2,1-2H3. The zero-order chi connectivity index (χ0) is 15.3.